The Morgan fingerprint density at radius 2 is 2.50 bits per heavy atom. The molecular weight excluding hydrogens is 178 g/mol. The number of rotatable bonds is 2. The lowest BCUT2D eigenvalue weighted by molar-refractivity contribution is -0.118. The highest BCUT2D eigenvalue weighted by Crippen LogP contribution is 1.96. The number of aromatic nitrogens is 2. The molecule has 4 nitrogen and oxygen atoms in total. The van der Waals surface area contributed by atoms with Crippen LogP contribution in [0.5, 0.6) is 0 Å². The molecule has 4 heteroatoms. The molecule has 0 saturated carbocycles. The molecule has 1 rings (SSSR count). The molecule has 0 saturated heterocycles. The van der Waals surface area contributed by atoms with E-state index in [1.54, 1.807) is 6.33 Å². The van der Waals surface area contributed by atoms with Crippen molar-refractivity contribution in [3.8, 4) is 11.8 Å². The lowest BCUT2D eigenvalue weighted by atomic mass is 10.3. The molecule has 2 N–H and O–H groups in total. The molecule has 14 heavy (non-hydrogen) atoms. The van der Waals surface area contributed by atoms with Gasteiger partial charge in [0.15, 0.2) is 0 Å². The summed E-state index contributed by atoms with van der Waals surface area (Å²) >= 11 is 0. The normalized spacial score (nSPS) is 9.00. The van der Waals surface area contributed by atoms with Gasteiger partial charge in [-0.2, -0.15) is 0 Å². The predicted octanol–water partition coefficient (Wildman–Crippen LogP) is 0.596. The summed E-state index contributed by atoms with van der Waals surface area (Å²) in [7, 11) is 0. The Morgan fingerprint density at radius 1 is 1.71 bits per heavy atom. The van der Waals surface area contributed by atoms with Crippen LogP contribution in [-0.4, -0.2) is 22.4 Å². The van der Waals surface area contributed by atoms with Gasteiger partial charge in [-0.25, -0.2) is 4.98 Å². The van der Waals surface area contributed by atoms with E-state index >= 15 is 0 Å². The van der Waals surface area contributed by atoms with Crippen LogP contribution in [0.25, 0.3) is 0 Å². The zero-order valence-corrected chi connectivity index (χ0v) is 8.35. The van der Waals surface area contributed by atoms with Crippen LogP contribution < -0.4 is 5.32 Å². The number of hydrogen-bond donors (Lipinski definition) is 2. The molecule has 0 radical (unpaired) electrons. The minimum Gasteiger partial charge on any atom is -0.355 e. The Morgan fingerprint density at radius 3 is 3.07 bits per heavy atom. The largest absolute Gasteiger partial charge is 0.355 e. The zero-order valence-electron chi connectivity index (χ0n) is 8.35. The number of carbonyl (C=O) groups excluding carboxylic acids is 1. The highest BCUT2D eigenvalue weighted by molar-refractivity contribution is 5.72. The van der Waals surface area contributed by atoms with E-state index in [2.05, 4.69) is 27.1 Å². The number of amides is 1. The van der Waals surface area contributed by atoms with Crippen LogP contribution >= 0.6 is 0 Å². The van der Waals surface area contributed by atoms with Gasteiger partial charge in [0.25, 0.3) is 0 Å². The summed E-state index contributed by atoms with van der Waals surface area (Å²) in [5, 5.41) is 2.67. The standard InChI is InChI=1S/C10H13N3O/c1-8-10(13-7-12-8)5-3-4-6-11-9(2)14/h7H,4,6H2,1-2H3,(H,11,14)(H,12,13). The summed E-state index contributed by atoms with van der Waals surface area (Å²) in [6.45, 7) is 4.00. The third-order valence-electron chi connectivity index (χ3n) is 1.66. The van der Waals surface area contributed by atoms with E-state index in [9.17, 15) is 4.79 Å². The second-order valence-electron chi connectivity index (χ2n) is 2.91. The molecule has 1 aromatic heterocycles. The van der Waals surface area contributed by atoms with E-state index in [1.165, 1.54) is 6.92 Å². The molecule has 0 fully saturated rings. The summed E-state index contributed by atoms with van der Waals surface area (Å²) in [5.74, 6) is 5.83. The summed E-state index contributed by atoms with van der Waals surface area (Å²) in [5.41, 5.74) is 1.74. The summed E-state index contributed by atoms with van der Waals surface area (Å²) < 4.78 is 0. The van der Waals surface area contributed by atoms with Crippen LogP contribution in [0, 0.1) is 18.8 Å². The number of nitrogens with zero attached hydrogens (tertiary/aromatic N) is 1. The first-order valence-corrected chi connectivity index (χ1v) is 4.43. The fraction of sp³-hybridized carbons (Fsp3) is 0.400. The maximum atomic E-state index is 10.5. The van der Waals surface area contributed by atoms with Crippen molar-refractivity contribution in [2.45, 2.75) is 20.3 Å². The van der Waals surface area contributed by atoms with Gasteiger partial charge in [0, 0.05) is 25.6 Å². The Kier molecular flexibility index (Phi) is 3.74. The SMILES string of the molecule is CC(=O)NCCC#Cc1nc[nH]c1C. The van der Waals surface area contributed by atoms with Crippen LogP contribution in [0.3, 0.4) is 0 Å². The van der Waals surface area contributed by atoms with E-state index in [-0.39, 0.29) is 5.91 Å². The number of aromatic amines is 1. The predicted molar refractivity (Wildman–Crippen MR) is 53.5 cm³/mol. The number of hydrogen-bond acceptors (Lipinski definition) is 2. The third-order valence-corrected chi connectivity index (χ3v) is 1.66. The molecule has 0 aromatic carbocycles. The Balaban J connectivity index is 2.34. The van der Waals surface area contributed by atoms with Gasteiger partial charge in [0.1, 0.15) is 5.69 Å². The molecule has 0 aliphatic carbocycles. The molecule has 0 aliphatic heterocycles. The van der Waals surface area contributed by atoms with Gasteiger partial charge in [-0.15, -0.1) is 0 Å². The van der Waals surface area contributed by atoms with Gasteiger partial charge in [-0.1, -0.05) is 5.92 Å². The molecule has 1 amide bonds. The van der Waals surface area contributed by atoms with Crippen molar-refractivity contribution in [2.24, 2.45) is 0 Å². The topological polar surface area (TPSA) is 57.8 Å². The summed E-state index contributed by atoms with van der Waals surface area (Å²) in [6, 6.07) is 0. The second-order valence-corrected chi connectivity index (χ2v) is 2.91. The second kappa shape index (κ2) is 5.07. The van der Waals surface area contributed by atoms with Crippen LogP contribution in [0.2, 0.25) is 0 Å². The first-order chi connectivity index (χ1) is 6.70. The lowest BCUT2D eigenvalue weighted by Gasteiger charge is -1.94. The van der Waals surface area contributed by atoms with Crippen LogP contribution in [0.4, 0.5) is 0 Å². The van der Waals surface area contributed by atoms with Crippen molar-refractivity contribution < 1.29 is 4.79 Å². The smallest absolute Gasteiger partial charge is 0.216 e. The Hall–Kier alpha value is -1.76. The van der Waals surface area contributed by atoms with Crippen molar-refractivity contribution >= 4 is 5.91 Å². The Bertz CT molecular complexity index is 370. The molecule has 0 unspecified atom stereocenters. The fourth-order valence-electron chi connectivity index (χ4n) is 0.932. The Labute approximate surface area is 83.1 Å². The average Bonchev–Trinajstić information content (AvgIpc) is 2.51. The first kappa shape index (κ1) is 10.3. The lowest BCUT2D eigenvalue weighted by Crippen LogP contribution is -2.20. The highest BCUT2D eigenvalue weighted by atomic mass is 16.1. The van der Waals surface area contributed by atoms with Gasteiger partial charge in [0.05, 0.1) is 6.33 Å². The molecule has 1 aromatic rings. The number of nitrogens with one attached hydrogen (secondary N) is 2. The van der Waals surface area contributed by atoms with Gasteiger partial charge in [-0.3, -0.25) is 4.79 Å². The van der Waals surface area contributed by atoms with E-state index in [0.717, 1.165) is 11.4 Å². The first-order valence-electron chi connectivity index (χ1n) is 4.43. The number of H-pyrrole nitrogens is 1. The van der Waals surface area contributed by atoms with E-state index in [4.69, 9.17) is 0 Å². The number of aryl methyl sites for hydroxylation is 1. The summed E-state index contributed by atoms with van der Waals surface area (Å²) in [6.07, 6.45) is 2.26. The van der Waals surface area contributed by atoms with Crippen LogP contribution in [0.15, 0.2) is 6.33 Å². The molecular formula is C10H13N3O. The number of imidazole rings is 1. The maximum Gasteiger partial charge on any atom is 0.216 e. The van der Waals surface area contributed by atoms with E-state index < -0.39 is 0 Å². The van der Waals surface area contributed by atoms with Crippen molar-refractivity contribution in [3.05, 3.63) is 17.7 Å². The van der Waals surface area contributed by atoms with Crippen molar-refractivity contribution in [2.75, 3.05) is 6.54 Å². The monoisotopic (exact) mass is 191 g/mol. The minimum atomic E-state index is -0.0252. The average molecular weight is 191 g/mol. The molecule has 0 aliphatic rings. The van der Waals surface area contributed by atoms with Crippen molar-refractivity contribution in [3.63, 3.8) is 0 Å². The van der Waals surface area contributed by atoms with Gasteiger partial charge >= 0.3 is 0 Å². The van der Waals surface area contributed by atoms with Crippen molar-refractivity contribution in [1.82, 2.24) is 15.3 Å². The highest BCUT2D eigenvalue weighted by Gasteiger charge is 1.93. The van der Waals surface area contributed by atoms with Crippen molar-refractivity contribution in [1.29, 1.82) is 0 Å². The van der Waals surface area contributed by atoms with Crippen LogP contribution in [0.1, 0.15) is 24.7 Å². The summed E-state index contributed by atoms with van der Waals surface area (Å²) in [4.78, 5) is 17.5. The maximum absolute atomic E-state index is 10.5. The van der Waals surface area contributed by atoms with Gasteiger partial charge in [0.2, 0.25) is 5.91 Å². The van der Waals surface area contributed by atoms with Gasteiger partial charge < -0.3 is 10.3 Å². The minimum absolute atomic E-state index is 0.0252. The molecule has 74 valence electrons. The van der Waals surface area contributed by atoms with Gasteiger partial charge in [-0.05, 0) is 12.8 Å². The molecule has 1 heterocycles. The molecule has 0 bridgehead atoms. The van der Waals surface area contributed by atoms with E-state index in [0.29, 0.717) is 13.0 Å². The zero-order chi connectivity index (χ0) is 10.4. The fourth-order valence-corrected chi connectivity index (χ4v) is 0.932. The quantitative estimate of drug-likeness (QED) is 0.531. The molecule has 0 atom stereocenters. The van der Waals surface area contributed by atoms with E-state index in [1.807, 2.05) is 6.92 Å². The molecule has 0 spiro atoms. The number of carbonyl (C=O) groups is 1. The third kappa shape index (κ3) is 3.31. The van der Waals surface area contributed by atoms with Crippen LogP contribution in [-0.2, 0) is 4.79 Å².